The van der Waals surface area contributed by atoms with Crippen molar-refractivity contribution in [2.24, 2.45) is 5.92 Å². The number of anilines is 1. The lowest BCUT2D eigenvalue weighted by Gasteiger charge is -2.17. The van der Waals surface area contributed by atoms with Crippen molar-refractivity contribution < 1.29 is 14.4 Å². The molecule has 2 rings (SSSR count). The Hall–Kier alpha value is -2.37. The normalized spacial score (nSPS) is 13.2. The Morgan fingerprint density at radius 2 is 1.92 bits per heavy atom. The molecule has 0 atom stereocenters. The van der Waals surface area contributed by atoms with Gasteiger partial charge in [0.1, 0.15) is 0 Å². The monoisotopic (exact) mass is 345 g/mol. The van der Waals surface area contributed by atoms with Gasteiger partial charge in [-0.25, -0.2) is 0 Å². The number of benzene rings is 1. The molecule has 2 N–H and O–H groups in total. The molecular weight excluding hydrogens is 318 g/mol. The van der Waals surface area contributed by atoms with Crippen LogP contribution in [0.1, 0.15) is 38.2 Å². The largest absolute Gasteiger partial charge is 0.356 e. The van der Waals surface area contributed by atoms with Gasteiger partial charge < -0.3 is 15.5 Å². The van der Waals surface area contributed by atoms with E-state index in [4.69, 9.17) is 0 Å². The first-order valence-corrected chi connectivity index (χ1v) is 8.90. The molecule has 1 saturated carbocycles. The van der Waals surface area contributed by atoms with Crippen LogP contribution in [0.5, 0.6) is 0 Å². The molecular formula is C19H27N3O3. The van der Waals surface area contributed by atoms with Crippen LogP contribution in [0.25, 0.3) is 0 Å². The third kappa shape index (κ3) is 6.21. The van der Waals surface area contributed by atoms with Crippen molar-refractivity contribution in [2.75, 3.05) is 25.5 Å². The van der Waals surface area contributed by atoms with E-state index in [-0.39, 0.29) is 30.2 Å². The van der Waals surface area contributed by atoms with Gasteiger partial charge in [0.25, 0.3) is 0 Å². The van der Waals surface area contributed by atoms with Crippen LogP contribution in [0.4, 0.5) is 5.69 Å². The van der Waals surface area contributed by atoms with Crippen LogP contribution in [0.2, 0.25) is 0 Å². The van der Waals surface area contributed by atoms with Crippen LogP contribution in [-0.2, 0) is 20.8 Å². The number of rotatable bonds is 9. The van der Waals surface area contributed by atoms with E-state index in [2.05, 4.69) is 10.6 Å². The Kier molecular flexibility index (Phi) is 6.98. The van der Waals surface area contributed by atoms with E-state index in [1.165, 1.54) is 4.90 Å². The summed E-state index contributed by atoms with van der Waals surface area (Å²) in [6.07, 6.45) is 3.69. The summed E-state index contributed by atoms with van der Waals surface area (Å²) in [6.45, 7) is 2.55. The van der Waals surface area contributed by atoms with Crippen molar-refractivity contribution in [3.63, 3.8) is 0 Å². The molecule has 136 valence electrons. The molecule has 0 unspecified atom stereocenters. The SMILES string of the molecule is CCc1ccccc1NC(=O)CN(C)C(=O)CCCNC(=O)C1CC1. The molecule has 0 radical (unpaired) electrons. The molecule has 0 bridgehead atoms. The molecule has 1 aliphatic carbocycles. The van der Waals surface area contributed by atoms with Gasteiger partial charge in [-0.15, -0.1) is 0 Å². The van der Waals surface area contributed by atoms with E-state index < -0.39 is 0 Å². The quantitative estimate of drug-likeness (QED) is 0.672. The zero-order valence-electron chi connectivity index (χ0n) is 15.0. The Morgan fingerprint density at radius 3 is 2.60 bits per heavy atom. The number of hydrogen-bond acceptors (Lipinski definition) is 3. The number of carbonyl (C=O) groups is 3. The molecule has 25 heavy (non-hydrogen) atoms. The van der Waals surface area contributed by atoms with Crippen molar-refractivity contribution in [1.29, 1.82) is 0 Å². The van der Waals surface area contributed by atoms with Crippen molar-refractivity contribution in [3.8, 4) is 0 Å². The molecule has 0 aromatic heterocycles. The van der Waals surface area contributed by atoms with Gasteiger partial charge in [-0.3, -0.25) is 14.4 Å². The molecule has 1 aromatic carbocycles. The van der Waals surface area contributed by atoms with Gasteiger partial charge in [0.05, 0.1) is 6.54 Å². The molecule has 6 heteroatoms. The Morgan fingerprint density at radius 1 is 1.20 bits per heavy atom. The number of para-hydroxylation sites is 1. The number of carbonyl (C=O) groups excluding carboxylic acids is 3. The molecule has 0 aliphatic heterocycles. The molecule has 1 fully saturated rings. The first-order valence-electron chi connectivity index (χ1n) is 8.90. The smallest absolute Gasteiger partial charge is 0.243 e. The predicted octanol–water partition coefficient (Wildman–Crippen LogP) is 1.95. The molecule has 3 amide bonds. The summed E-state index contributed by atoms with van der Waals surface area (Å²) in [6, 6.07) is 7.65. The first kappa shape index (κ1) is 19.0. The minimum Gasteiger partial charge on any atom is -0.356 e. The van der Waals surface area contributed by atoms with Gasteiger partial charge in [0.2, 0.25) is 17.7 Å². The standard InChI is InChI=1S/C19H27N3O3/c1-3-14-7-4-5-8-16(14)21-17(23)13-22(2)18(24)9-6-12-20-19(25)15-10-11-15/h4-5,7-8,15H,3,6,9-13H2,1-2H3,(H,20,25)(H,21,23). The van der Waals surface area contributed by atoms with E-state index in [0.717, 1.165) is 30.5 Å². The van der Waals surface area contributed by atoms with Gasteiger partial charge in [-0.05, 0) is 37.3 Å². The summed E-state index contributed by atoms with van der Waals surface area (Å²) in [4.78, 5) is 37.1. The number of nitrogens with one attached hydrogen (secondary N) is 2. The van der Waals surface area contributed by atoms with E-state index in [1.54, 1.807) is 7.05 Å². The van der Waals surface area contributed by atoms with Crippen LogP contribution in [-0.4, -0.2) is 42.8 Å². The Bertz CT molecular complexity index is 626. The topological polar surface area (TPSA) is 78.5 Å². The molecule has 1 aromatic rings. The molecule has 6 nitrogen and oxygen atoms in total. The molecule has 0 saturated heterocycles. The third-order valence-electron chi connectivity index (χ3n) is 4.29. The summed E-state index contributed by atoms with van der Waals surface area (Å²) in [5.74, 6) is -0.0266. The zero-order chi connectivity index (χ0) is 18.2. The van der Waals surface area contributed by atoms with Gasteiger partial charge >= 0.3 is 0 Å². The summed E-state index contributed by atoms with van der Waals surface area (Å²) in [5, 5.41) is 5.70. The second-order valence-corrected chi connectivity index (χ2v) is 6.48. The van der Waals surface area contributed by atoms with Crippen LogP contribution >= 0.6 is 0 Å². The second-order valence-electron chi connectivity index (χ2n) is 6.48. The van der Waals surface area contributed by atoms with Crippen LogP contribution in [0.3, 0.4) is 0 Å². The highest BCUT2D eigenvalue weighted by Gasteiger charge is 2.29. The van der Waals surface area contributed by atoms with Crippen LogP contribution < -0.4 is 10.6 Å². The maximum atomic E-state index is 12.1. The average molecular weight is 345 g/mol. The summed E-state index contributed by atoms with van der Waals surface area (Å²) < 4.78 is 0. The van der Waals surface area contributed by atoms with Gasteiger partial charge in [-0.2, -0.15) is 0 Å². The van der Waals surface area contributed by atoms with Crippen molar-refractivity contribution in [3.05, 3.63) is 29.8 Å². The number of aryl methyl sites for hydroxylation is 1. The lowest BCUT2D eigenvalue weighted by Crippen LogP contribution is -2.35. The highest BCUT2D eigenvalue weighted by atomic mass is 16.2. The second kappa shape index (κ2) is 9.20. The molecule has 0 heterocycles. The lowest BCUT2D eigenvalue weighted by atomic mass is 10.1. The number of nitrogens with zero attached hydrogens (tertiary/aromatic N) is 1. The van der Waals surface area contributed by atoms with Gasteiger partial charge in [0, 0.05) is 31.6 Å². The maximum absolute atomic E-state index is 12.1. The predicted molar refractivity (Wildman–Crippen MR) is 97.1 cm³/mol. The lowest BCUT2D eigenvalue weighted by molar-refractivity contribution is -0.133. The maximum Gasteiger partial charge on any atom is 0.243 e. The minimum atomic E-state index is -0.209. The highest BCUT2D eigenvalue weighted by Crippen LogP contribution is 2.28. The van der Waals surface area contributed by atoms with E-state index in [9.17, 15) is 14.4 Å². The summed E-state index contributed by atoms with van der Waals surface area (Å²) in [7, 11) is 1.62. The molecule has 1 aliphatic rings. The van der Waals surface area contributed by atoms with E-state index in [1.807, 2.05) is 31.2 Å². The van der Waals surface area contributed by atoms with Crippen molar-refractivity contribution in [1.82, 2.24) is 10.2 Å². The zero-order valence-corrected chi connectivity index (χ0v) is 15.0. The number of hydrogen-bond donors (Lipinski definition) is 2. The van der Waals surface area contributed by atoms with E-state index >= 15 is 0 Å². The third-order valence-corrected chi connectivity index (χ3v) is 4.29. The highest BCUT2D eigenvalue weighted by molar-refractivity contribution is 5.95. The summed E-state index contributed by atoms with van der Waals surface area (Å²) in [5.41, 5.74) is 1.86. The first-order chi connectivity index (χ1) is 12.0. The van der Waals surface area contributed by atoms with Crippen LogP contribution in [0.15, 0.2) is 24.3 Å². The van der Waals surface area contributed by atoms with Gasteiger partial charge in [0.15, 0.2) is 0 Å². The fourth-order valence-corrected chi connectivity index (χ4v) is 2.58. The summed E-state index contributed by atoms with van der Waals surface area (Å²) >= 11 is 0. The fourth-order valence-electron chi connectivity index (χ4n) is 2.58. The Labute approximate surface area is 149 Å². The average Bonchev–Trinajstić information content (AvgIpc) is 3.43. The number of amides is 3. The Balaban J connectivity index is 1.68. The van der Waals surface area contributed by atoms with Crippen molar-refractivity contribution >= 4 is 23.4 Å². The van der Waals surface area contributed by atoms with Crippen molar-refractivity contribution in [2.45, 2.75) is 39.0 Å². The van der Waals surface area contributed by atoms with Crippen LogP contribution in [0, 0.1) is 5.92 Å². The van der Waals surface area contributed by atoms with E-state index in [0.29, 0.717) is 19.4 Å². The fraction of sp³-hybridized carbons (Fsp3) is 0.526. The molecule has 0 spiro atoms. The van der Waals surface area contributed by atoms with Gasteiger partial charge in [-0.1, -0.05) is 25.1 Å². The minimum absolute atomic E-state index is 0.0192. The number of likely N-dealkylation sites (N-methyl/N-ethyl adjacent to an activating group) is 1.